The number of nitrogens with zero attached hydrogens (tertiary/aromatic N) is 3. The van der Waals surface area contributed by atoms with Crippen LogP contribution in [0.15, 0.2) is 24.3 Å². The maximum Gasteiger partial charge on any atom is 0.222 e. The van der Waals surface area contributed by atoms with Gasteiger partial charge in [0.05, 0.1) is 0 Å². The summed E-state index contributed by atoms with van der Waals surface area (Å²) in [6, 6.07) is 7.52. The number of hydrogen-bond acceptors (Lipinski definition) is 4. The number of hydrogen-bond donors (Lipinski definition) is 0. The molecule has 5 nitrogen and oxygen atoms in total. The van der Waals surface area contributed by atoms with Gasteiger partial charge in [-0.2, -0.15) is 0 Å². The highest BCUT2D eigenvalue weighted by molar-refractivity contribution is 6.30. The van der Waals surface area contributed by atoms with Crippen molar-refractivity contribution in [1.82, 2.24) is 14.7 Å². The molecule has 0 radical (unpaired) electrons. The Bertz CT molecular complexity index is 610. The third kappa shape index (κ3) is 4.51. The largest absolute Gasteiger partial charge is 0.492 e. The molecule has 0 aromatic heterocycles. The van der Waals surface area contributed by atoms with Crippen molar-refractivity contribution in [2.75, 3.05) is 52.9 Å². The average Bonchev–Trinajstić information content (AvgIpc) is 2.80. The zero-order valence-electron chi connectivity index (χ0n) is 15.9. The molecule has 1 spiro atoms. The van der Waals surface area contributed by atoms with Gasteiger partial charge < -0.3 is 9.64 Å². The Labute approximate surface area is 161 Å². The van der Waals surface area contributed by atoms with E-state index < -0.39 is 0 Å². The van der Waals surface area contributed by atoms with Crippen molar-refractivity contribution in [3.63, 3.8) is 0 Å². The molecule has 2 fully saturated rings. The Morgan fingerprint density at radius 3 is 2.65 bits per heavy atom. The van der Waals surface area contributed by atoms with Crippen molar-refractivity contribution in [2.24, 2.45) is 0 Å². The number of likely N-dealkylation sites (N-methyl/N-ethyl adjacent to an activating group) is 1. The topological polar surface area (TPSA) is 36.0 Å². The molecule has 2 aliphatic heterocycles. The lowest BCUT2D eigenvalue weighted by Gasteiger charge is -2.49. The molecule has 0 bridgehead atoms. The molecule has 26 heavy (non-hydrogen) atoms. The number of carbonyl (C=O) groups is 1. The Balaban J connectivity index is 1.55. The number of carbonyl (C=O) groups excluding carboxylic acids is 1. The summed E-state index contributed by atoms with van der Waals surface area (Å²) in [4.78, 5) is 19.3. The molecule has 2 saturated heterocycles. The lowest BCUT2D eigenvalue weighted by atomic mass is 9.86. The normalized spacial score (nSPS) is 25.5. The van der Waals surface area contributed by atoms with E-state index in [1.807, 2.05) is 29.2 Å². The highest BCUT2D eigenvalue weighted by Crippen LogP contribution is 2.32. The predicted molar refractivity (Wildman–Crippen MR) is 105 cm³/mol. The van der Waals surface area contributed by atoms with Gasteiger partial charge in [-0.25, -0.2) is 0 Å². The molecule has 2 heterocycles. The van der Waals surface area contributed by atoms with E-state index in [4.69, 9.17) is 16.3 Å². The van der Waals surface area contributed by atoms with Crippen LogP contribution < -0.4 is 4.74 Å². The highest BCUT2D eigenvalue weighted by atomic mass is 35.5. The maximum absolute atomic E-state index is 12.3. The van der Waals surface area contributed by atoms with Gasteiger partial charge in [0.25, 0.3) is 0 Å². The fourth-order valence-electron chi connectivity index (χ4n) is 4.12. The summed E-state index contributed by atoms with van der Waals surface area (Å²) < 4.78 is 5.87. The fraction of sp³-hybridized carbons (Fsp3) is 0.650. The number of ether oxygens (including phenoxy) is 1. The van der Waals surface area contributed by atoms with Gasteiger partial charge in [-0.05, 0) is 51.1 Å². The van der Waals surface area contributed by atoms with Crippen LogP contribution in [0.5, 0.6) is 5.75 Å². The first-order valence-corrected chi connectivity index (χ1v) is 10.00. The van der Waals surface area contributed by atoms with Crippen LogP contribution in [0, 0.1) is 0 Å². The summed E-state index contributed by atoms with van der Waals surface area (Å²) in [7, 11) is 2.22. The van der Waals surface area contributed by atoms with Gasteiger partial charge in [-0.15, -0.1) is 0 Å². The number of amides is 1. The van der Waals surface area contributed by atoms with Crippen LogP contribution in [0.1, 0.15) is 26.2 Å². The molecular weight excluding hydrogens is 350 g/mol. The summed E-state index contributed by atoms with van der Waals surface area (Å²) in [5.74, 6) is 1.16. The van der Waals surface area contributed by atoms with E-state index in [1.165, 1.54) is 0 Å². The van der Waals surface area contributed by atoms with Crippen LogP contribution in [-0.2, 0) is 4.79 Å². The third-order valence-corrected chi connectivity index (χ3v) is 6.21. The van der Waals surface area contributed by atoms with Crippen LogP contribution in [-0.4, -0.2) is 79.1 Å². The van der Waals surface area contributed by atoms with E-state index in [0.29, 0.717) is 18.9 Å². The van der Waals surface area contributed by atoms with Gasteiger partial charge in [0, 0.05) is 56.3 Å². The van der Waals surface area contributed by atoms with Crippen molar-refractivity contribution in [1.29, 1.82) is 0 Å². The van der Waals surface area contributed by atoms with Crippen molar-refractivity contribution in [2.45, 2.75) is 31.7 Å². The number of piperazine rings is 1. The fourth-order valence-corrected chi connectivity index (χ4v) is 4.25. The lowest BCUT2D eigenvalue weighted by Crippen LogP contribution is -2.61. The third-order valence-electron chi connectivity index (χ3n) is 5.95. The van der Waals surface area contributed by atoms with E-state index in [-0.39, 0.29) is 5.54 Å². The smallest absolute Gasteiger partial charge is 0.222 e. The van der Waals surface area contributed by atoms with E-state index in [0.717, 1.165) is 62.9 Å². The lowest BCUT2D eigenvalue weighted by molar-refractivity contribution is -0.130. The minimum Gasteiger partial charge on any atom is -0.492 e. The Kier molecular flexibility index (Phi) is 6.43. The SMILES string of the molecule is CCN1CCC2(CCC1=O)CN(CCOc1ccc(Cl)cc1)CCN2C. The number of rotatable bonds is 5. The first kappa shape index (κ1) is 19.5. The van der Waals surface area contributed by atoms with Crippen molar-refractivity contribution < 1.29 is 9.53 Å². The molecule has 2 aliphatic rings. The number of benzene rings is 1. The van der Waals surface area contributed by atoms with Gasteiger partial charge >= 0.3 is 0 Å². The number of halogens is 1. The molecule has 1 atom stereocenters. The monoisotopic (exact) mass is 379 g/mol. The Morgan fingerprint density at radius 1 is 1.15 bits per heavy atom. The van der Waals surface area contributed by atoms with Gasteiger partial charge in [0.15, 0.2) is 0 Å². The summed E-state index contributed by atoms with van der Waals surface area (Å²) in [6.45, 7) is 8.44. The second kappa shape index (κ2) is 8.59. The van der Waals surface area contributed by atoms with Crippen molar-refractivity contribution >= 4 is 17.5 Å². The number of likely N-dealkylation sites (tertiary alicyclic amines) is 1. The first-order chi connectivity index (χ1) is 12.5. The summed E-state index contributed by atoms with van der Waals surface area (Å²) in [5, 5.41) is 0.724. The Hall–Kier alpha value is -1.30. The van der Waals surface area contributed by atoms with Crippen LogP contribution in [0.2, 0.25) is 5.02 Å². The molecule has 1 unspecified atom stereocenters. The molecule has 0 saturated carbocycles. The summed E-state index contributed by atoms with van der Waals surface area (Å²) in [5.41, 5.74) is 0.109. The second-order valence-corrected chi connectivity index (χ2v) is 7.88. The maximum atomic E-state index is 12.3. The zero-order valence-corrected chi connectivity index (χ0v) is 16.7. The molecule has 0 aliphatic carbocycles. The second-order valence-electron chi connectivity index (χ2n) is 7.45. The molecule has 6 heteroatoms. The van der Waals surface area contributed by atoms with Crippen molar-refractivity contribution in [3.8, 4) is 5.75 Å². The van der Waals surface area contributed by atoms with E-state index in [1.54, 1.807) is 0 Å². The Morgan fingerprint density at radius 2 is 1.92 bits per heavy atom. The standard InChI is InChI=1S/C20H30ClN3O2/c1-3-24-11-10-20(9-8-19(24)25)16-23(13-12-22(20)2)14-15-26-18-6-4-17(21)5-7-18/h4-7H,3,8-16H2,1-2H3. The summed E-state index contributed by atoms with van der Waals surface area (Å²) in [6.07, 6.45) is 2.66. The van der Waals surface area contributed by atoms with Crippen LogP contribution in [0.4, 0.5) is 0 Å². The zero-order chi connectivity index (χ0) is 18.6. The van der Waals surface area contributed by atoms with Crippen LogP contribution in [0.3, 0.4) is 0 Å². The predicted octanol–water partition coefficient (Wildman–Crippen LogP) is 2.74. The van der Waals surface area contributed by atoms with E-state index in [9.17, 15) is 4.79 Å². The van der Waals surface area contributed by atoms with Gasteiger partial charge in [-0.3, -0.25) is 14.6 Å². The minimum absolute atomic E-state index is 0.109. The molecular formula is C20H30ClN3O2. The van der Waals surface area contributed by atoms with E-state index >= 15 is 0 Å². The molecule has 144 valence electrons. The molecule has 1 amide bonds. The quantitative estimate of drug-likeness (QED) is 0.788. The van der Waals surface area contributed by atoms with Crippen LogP contribution in [0.25, 0.3) is 0 Å². The van der Waals surface area contributed by atoms with Gasteiger partial charge in [0.1, 0.15) is 12.4 Å². The first-order valence-electron chi connectivity index (χ1n) is 9.62. The average molecular weight is 380 g/mol. The van der Waals surface area contributed by atoms with Gasteiger partial charge in [-0.1, -0.05) is 11.6 Å². The minimum atomic E-state index is 0.109. The van der Waals surface area contributed by atoms with E-state index in [2.05, 4.69) is 23.8 Å². The molecule has 3 rings (SSSR count). The summed E-state index contributed by atoms with van der Waals surface area (Å²) >= 11 is 5.91. The molecule has 1 aromatic carbocycles. The van der Waals surface area contributed by atoms with Crippen LogP contribution >= 0.6 is 11.6 Å². The molecule has 0 N–H and O–H groups in total. The van der Waals surface area contributed by atoms with Crippen molar-refractivity contribution in [3.05, 3.63) is 29.3 Å². The highest BCUT2D eigenvalue weighted by Gasteiger charge is 2.41. The molecule has 1 aromatic rings. The van der Waals surface area contributed by atoms with Gasteiger partial charge in [0.2, 0.25) is 5.91 Å².